The van der Waals surface area contributed by atoms with Crippen molar-refractivity contribution in [3.8, 4) is 0 Å². The highest BCUT2D eigenvalue weighted by Crippen LogP contribution is 2.47. The molecular formula is C14H19N3O. The van der Waals surface area contributed by atoms with Gasteiger partial charge in [0.25, 0.3) is 0 Å². The van der Waals surface area contributed by atoms with Gasteiger partial charge in [-0.3, -0.25) is 4.79 Å². The van der Waals surface area contributed by atoms with E-state index in [9.17, 15) is 4.79 Å². The van der Waals surface area contributed by atoms with Crippen molar-refractivity contribution in [1.29, 1.82) is 0 Å². The number of hydrogen-bond donors (Lipinski definition) is 2. The van der Waals surface area contributed by atoms with Gasteiger partial charge in [-0.1, -0.05) is 6.07 Å². The molecular weight excluding hydrogens is 226 g/mol. The Morgan fingerprint density at radius 1 is 1.39 bits per heavy atom. The van der Waals surface area contributed by atoms with Crippen LogP contribution in [0.15, 0.2) is 18.3 Å². The molecule has 3 rings (SSSR count). The Morgan fingerprint density at radius 2 is 2.17 bits per heavy atom. The third-order valence-electron chi connectivity index (χ3n) is 4.45. The summed E-state index contributed by atoms with van der Waals surface area (Å²) >= 11 is 0. The summed E-state index contributed by atoms with van der Waals surface area (Å²) in [6, 6.07) is 3.82. The maximum Gasteiger partial charge on any atom is 0.230 e. The van der Waals surface area contributed by atoms with Gasteiger partial charge in [0.2, 0.25) is 5.91 Å². The average molecular weight is 245 g/mol. The van der Waals surface area contributed by atoms with Crippen molar-refractivity contribution in [2.24, 2.45) is 23.5 Å². The number of fused-ring (bicyclic) bond motifs is 2. The van der Waals surface area contributed by atoms with Gasteiger partial charge < -0.3 is 11.1 Å². The molecule has 1 heterocycles. The molecule has 2 saturated carbocycles. The summed E-state index contributed by atoms with van der Waals surface area (Å²) in [6.45, 7) is 1.98. The lowest BCUT2D eigenvalue weighted by molar-refractivity contribution is -0.121. The Bertz CT molecular complexity index is 455. The summed E-state index contributed by atoms with van der Waals surface area (Å²) in [7, 11) is 0. The smallest absolute Gasteiger partial charge is 0.230 e. The first-order valence-electron chi connectivity index (χ1n) is 6.64. The van der Waals surface area contributed by atoms with Gasteiger partial charge in [0.05, 0.1) is 5.92 Å². The number of aryl methyl sites for hydroxylation is 1. The first-order valence-corrected chi connectivity index (χ1v) is 6.64. The topological polar surface area (TPSA) is 68.0 Å². The lowest BCUT2D eigenvalue weighted by Gasteiger charge is -2.26. The highest BCUT2D eigenvalue weighted by atomic mass is 16.2. The Balaban J connectivity index is 1.70. The molecule has 2 aliphatic rings. The highest BCUT2D eigenvalue weighted by Gasteiger charge is 2.49. The largest absolute Gasteiger partial charge is 0.327 e. The van der Waals surface area contributed by atoms with Crippen LogP contribution in [0.1, 0.15) is 24.8 Å². The quantitative estimate of drug-likeness (QED) is 0.833. The molecule has 4 heteroatoms. The van der Waals surface area contributed by atoms with E-state index >= 15 is 0 Å². The molecule has 1 aromatic rings. The van der Waals surface area contributed by atoms with Crippen molar-refractivity contribution in [2.45, 2.75) is 32.2 Å². The van der Waals surface area contributed by atoms with Crippen LogP contribution in [0.3, 0.4) is 0 Å². The minimum absolute atomic E-state index is 0.0214. The van der Waals surface area contributed by atoms with E-state index in [-0.39, 0.29) is 17.9 Å². The van der Waals surface area contributed by atoms with Crippen LogP contribution in [-0.4, -0.2) is 16.9 Å². The summed E-state index contributed by atoms with van der Waals surface area (Å²) in [4.78, 5) is 16.5. The molecule has 0 saturated heterocycles. The van der Waals surface area contributed by atoms with Crippen molar-refractivity contribution < 1.29 is 4.79 Å². The normalized spacial score (nSPS) is 33.7. The zero-order valence-corrected chi connectivity index (χ0v) is 10.6. The molecule has 2 bridgehead atoms. The predicted molar refractivity (Wildman–Crippen MR) is 69.9 cm³/mol. The number of carbonyl (C=O) groups excluding carboxylic acids is 1. The lowest BCUT2D eigenvalue weighted by atomic mass is 9.84. The van der Waals surface area contributed by atoms with Crippen LogP contribution in [0, 0.1) is 24.7 Å². The Kier molecular flexibility index (Phi) is 2.82. The third-order valence-corrected chi connectivity index (χ3v) is 4.45. The van der Waals surface area contributed by atoms with Crippen LogP contribution in [0.4, 0.5) is 5.82 Å². The van der Waals surface area contributed by atoms with Gasteiger partial charge in [0.1, 0.15) is 5.82 Å². The molecule has 0 radical (unpaired) electrons. The highest BCUT2D eigenvalue weighted by molar-refractivity contribution is 5.92. The fraction of sp³-hybridized carbons (Fsp3) is 0.571. The van der Waals surface area contributed by atoms with E-state index in [1.807, 2.05) is 19.1 Å². The summed E-state index contributed by atoms with van der Waals surface area (Å²) in [5.41, 5.74) is 7.25. The molecule has 4 atom stereocenters. The van der Waals surface area contributed by atoms with Crippen LogP contribution < -0.4 is 11.1 Å². The number of aromatic nitrogens is 1. The fourth-order valence-electron chi connectivity index (χ4n) is 3.48. The maximum absolute atomic E-state index is 12.3. The Hall–Kier alpha value is -1.42. The maximum atomic E-state index is 12.3. The summed E-state index contributed by atoms with van der Waals surface area (Å²) in [6.07, 6.45) is 5.23. The van der Waals surface area contributed by atoms with Gasteiger partial charge in [0, 0.05) is 12.2 Å². The number of amides is 1. The molecule has 0 aliphatic heterocycles. The lowest BCUT2D eigenvalue weighted by Crippen LogP contribution is -2.42. The first-order chi connectivity index (χ1) is 8.65. The first kappa shape index (κ1) is 11.7. The average Bonchev–Trinajstić information content (AvgIpc) is 2.92. The molecule has 96 valence electrons. The van der Waals surface area contributed by atoms with Crippen molar-refractivity contribution in [1.82, 2.24) is 4.98 Å². The number of nitrogens with one attached hydrogen (secondary N) is 1. The molecule has 4 nitrogen and oxygen atoms in total. The third kappa shape index (κ3) is 1.90. The van der Waals surface area contributed by atoms with Gasteiger partial charge in [-0.2, -0.15) is 0 Å². The van der Waals surface area contributed by atoms with E-state index < -0.39 is 0 Å². The van der Waals surface area contributed by atoms with Gasteiger partial charge in [-0.15, -0.1) is 0 Å². The summed E-state index contributed by atoms with van der Waals surface area (Å²) in [5, 5.41) is 2.90. The molecule has 1 aromatic heterocycles. The molecule has 0 spiro atoms. The van der Waals surface area contributed by atoms with E-state index in [0.29, 0.717) is 17.7 Å². The summed E-state index contributed by atoms with van der Waals surface area (Å²) in [5.74, 6) is 1.69. The van der Waals surface area contributed by atoms with Crippen LogP contribution in [0.25, 0.3) is 0 Å². The second-order valence-corrected chi connectivity index (χ2v) is 5.65. The monoisotopic (exact) mass is 245 g/mol. The van der Waals surface area contributed by atoms with E-state index in [2.05, 4.69) is 10.3 Å². The number of carbonyl (C=O) groups is 1. The zero-order valence-electron chi connectivity index (χ0n) is 10.6. The van der Waals surface area contributed by atoms with Crippen LogP contribution in [0.2, 0.25) is 0 Å². The fourth-order valence-corrected chi connectivity index (χ4v) is 3.48. The van der Waals surface area contributed by atoms with Gasteiger partial charge in [-0.25, -0.2) is 4.98 Å². The SMILES string of the molecule is Cc1ccc(NC(=O)C2C3CCC(C3)C2N)nc1. The van der Waals surface area contributed by atoms with Crippen LogP contribution in [0.5, 0.6) is 0 Å². The second-order valence-electron chi connectivity index (χ2n) is 5.65. The van der Waals surface area contributed by atoms with Crippen molar-refractivity contribution in [3.05, 3.63) is 23.9 Å². The number of anilines is 1. The van der Waals surface area contributed by atoms with Crippen molar-refractivity contribution >= 4 is 11.7 Å². The summed E-state index contributed by atoms with van der Waals surface area (Å²) < 4.78 is 0. The number of nitrogens with two attached hydrogens (primary N) is 1. The molecule has 1 amide bonds. The van der Waals surface area contributed by atoms with Gasteiger partial charge in [-0.05, 0) is 49.7 Å². The predicted octanol–water partition coefficient (Wildman–Crippen LogP) is 1.70. The molecule has 2 aliphatic carbocycles. The molecule has 3 N–H and O–H groups in total. The minimum Gasteiger partial charge on any atom is -0.327 e. The van der Waals surface area contributed by atoms with E-state index in [0.717, 1.165) is 18.4 Å². The zero-order chi connectivity index (χ0) is 12.7. The standard InChI is InChI=1S/C14H19N3O/c1-8-2-5-11(16-7-8)17-14(18)12-9-3-4-10(6-9)13(12)15/h2,5,7,9-10,12-13H,3-4,6,15H2,1H3,(H,16,17,18). The Morgan fingerprint density at radius 3 is 2.78 bits per heavy atom. The number of rotatable bonds is 2. The Labute approximate surface area is 107 Å². The number of nitrogens with zero attached hydrogens (tertiary/aromatic N) is 1. The van der Waals surface area contributed by atoms with E-state index in [1.54, 1.807) is 6.20 Å². The van der Waals surface area contributed by atoms with Crippen molar-refractivity contribution in [3.63, 3.8) is 0 Å². The number of hydrogen-bond acceptors (Lipinski definition) is 3. The van der Waals surface area contributed by atoms with Crippen LogP contribution >= 0.6 is 0 Å². The molecule has 4 unspecified atom stereocenters. The van der Waals surface area contributed by atoms with Gasteiger partial charge in [0.15, 0.2) is 0 Å². The molecule has 0 aromatic carbocycles. The van der Waals surface area contributed by atoms with Gasteiger partial charge >= 0.3 is 0 Å². The second kappa shape index (κ2) is 4.35. The number of pyridine rings is 1. The minimum atomic E-state index is -0.0214. The molecule has 2 fully saturated rings. The molecule has 18 heavy (non-hydrogen) atoms. The van der Waals surface area contributed by atoms with E-state index in [4.69, 9.17) is 5.73 Å². The van der Waals surface area contributed by atoms with Crippen LogP contribution in [-0.2, 0) is 4.79 Å². The van der Waals surface area contributed by atoms with Crippen molar-refractivity contribution in [2.75, 3.05) is 5.32 Å². The van der Waals surface area contributed by atoms with E-state index in [1.165, 1.54) is 6.42 Å².